The van der Waals surface area contributed by atoms with E-state index >= 15 is 0 Å². The molecule has 0 saturated heterocycles. The first kappa shape index (κ1) is 10.9. The van der Waals surface area contributed by atoms with Gasteiger partial charge in [0.15, 0.2) is 0 Å². The molecule has 0 amide bonds. The standard InChI is InChI=1S/Mo.H3O4P.S/c;1-5(2,3)4;/h;(H3,1,2,3,4);. The number of phosphoric acid groups is 1. The van der Waals surface area contributed by atoms with Gasteiger partial charge in [-0.25, -0.2) is 4.57 Å². The second-order valence-corrected chi connectivity index (χ2v) is 1.54. The van der Waals surface area contributed by atoms with Crippen molar-refractivity contribution in [2.75, 3.05) is 0 Å². The Bertz CT molecular complexity index is 67.5. The Morgan fingerprint density at radius 3 is 1.29 bits per heavy atom. The molecular weight excluding hydrogens is 223 g/mol. The van der Waals surface area contributed by atoms with Crippen LogP contribution < -0.4 is 0 Å². The summed E-state index contributed by atoms with van der Waals surface area (Å²) in [5.74, 6) is 0. The monoisotopic (exact) mass is 228 g/mol. The zero-order chi connectivity index (χ0) is 6.50. The average Bonchev–Trinajstić information content (AvgIpc) is 1.36. The normalized spacial score (nSPS) is 9.00. The minimum absolute atomic E-state index is 1.53. The predicted molar refractivity (Wildman–Crippen MR) is 21.9 cm³/mol. The van der Waals surface area contributed by atoms with E-state index in [0.717, 1.165) is 0 Å². The van der Waals surface area contributed by atoms with E-state index in [0.29, 0.717) is 0 Å². The fourth-order valence-corrected chi connectivity index (χ4v) is 0. The zero-order valence-electron chi connectivity index (χ0n) is 3.01. The summed E-state index contributed by atoms with van der Waals surface area (Å²) in [7, 11) is -0.546. The second kappa shape index (κ2) is 5.16. The molecule has 0 aliphatic rings. The third kappa shape index (κ3) is 170. The molecule has 0 aliphatic heterocycles. The minimum atomic E-state index is -4.64. The van der Waals surface area contributed by atoms with E-state index < -0.39 is 7.82 Å². The van der Waals surface area contributed by atoms with Gasteiger partial charge < -0.3 is 14.7 Å². The quantitative estimate of drug-likeness (QED) is 0.391. The van der Waals surface area contributed by atoms with Gasteiger partial charge in [0.2, 0.25) is 0 Å². The number of rotatable bonds is 0. The van der Waals surface area contributed by atoms with Crippen molar-refractivity contribution in [1.82, 2.24) is 0 Å². The van der Waals surface area contributed by atoms with Gasteiger partial charge in [-0.15, -0.1) is 0 Å². The molecule has 0 fully saturated rings. The van der Waals surface area contributed by atoms with E-state index in [9.17, 15) is 0 Å². The van der Waals surface area contributed by atoms with Crippen LogP contribution >= 0.6 is 17.6 Å². The summed E-state index contributed by atoms with van der Waals surface area (Å²) in [6.45, 7) is 0. The third-order valence-corrected chi connectivity index (χ3v) is 0. The van der Waals surface area contributed by atoms with Crippen LogP contribution in [0, 0.1) is 0 Å². The van der Waals surface area contributed by atoms with Crippen LogP contribution in [-0.2, 0) is 22.6 Å². The first-order valence-corrected chi connectivity index (χ1v) is 5.31. The molecular formula is H3MoO4PS. The Morgan fingerprint density at radius 2 is 1.29 bits per heavy atom. The van der Waals surface area contributed by atoms with Crippen LogP contribution in [0.15, 0.2) is 0 Å². The van der Waals surface area contributed by atoms with Gasteiger partial charge in [-0.1, -0.05) is 0 Å². The fraction of sp³-hybridized carbons (Fsp3) is 0. The molecule has 0 aromatic heterocycles. The Labute approximate surface area is 55.1 Å². The summed E-state index contributed by atoms with van der Waals surface area (Å²) in [6, 6.07) is 0. The van der Waals surface area contributed by atoms with Crippen molar-refractivity contribution >= 4 is 17.6 Å². The molecule has 0 heterocycles. The first-order chi connectivity index (χ1) is 3.00. The van der Waals surface area contributed by atoms with Crippen LogP contribution in [0.5, 0.6) is 0 Å². The summed E-state index contributed by atoms with van der Waals surface area (Å²) < 4.78 is 8.88. The van der Waals surface area contributed by atoms with Crippen molar-refractivity contribution in [3.63, 3.8) is 0 Å². The molecule has 0 radical (unpaired) electrons. The van der Waals surface area contributed by atoms with Gasteiger partial charge in [-0.05, 0) is 0 Å². The van der Waals surface area contributed by atoms with E-state index in [2.05, 4.69) is 9.82 Å². The van der Waals surface area contributed by atoms with Crippen LogP contribution in [0.25, 0.3) is 0 Å². The Morgan fingerprint density at radius 1 is 1.29 bits per heavy atom. The van der Waals surface area contributed by atoms with Gasteiger partial charge in [0.25, 0.3) is 0 Å². The number of hydrogen-bond donors (Lipinski definition) is 3. The van der Waals surface area contributed by atoms with E-state index in [1.165, 1.54) is 18.0 Å². The molecule has 4 nitrogen and oxygen atoms in total. The molecule has 7 heteroatoms. The summed E-state index contributed by atoms with van der Waals surface area (Å²) in [5.41, 5.74) is 0. The Hall–Kier alpha value is 1.02. The van der Waals surface area contributed by atoms with Crippen LogP contribution in [0.3, 0.4) is 0 Å². The van der Waals surface area contributed by atoms with E-state index in [1.807, 2.05) is 0 Å². The summed E-state index contributed by atoms with van der Waals surface area (Å²) in [5, 5.41) is 0. The third-order valence-electron chi connectivity index (χ3n) is 0. The van der Waals surface area contributed by atoms with Crippen LogP contribution in [-0.4, -0.2) is 14.7 Å². The van der Waals surface area contributed by atoms with Crippen molar-refractivity contribution in [2.45, 2.75) is 0 Å². The van der Waals surface area contributed by atoms with Gasteiger partial charge in [-0.2, -0.15) is 0 Å². The van der Waals surface area contributed by atoms with Crippen LogP contribution in [0.1, 0.15) is 0 Å². The van der Waals surface area contributed by atoms with Gasteiger partial charge in [0.1, 0.15) is 0 Å². The molecule has 44 valence electrons. The molecule has 0 unspecified atom stereocenters. The number of hydrogen-bond acceptors (Lipinski definition) is 2. The summed E-state index contributed by atoms with van der Waals surface area (Å²) in [6.07, 6.45) is 0. The maximum atomic E-state index is 8.88. The summed E-state index contributed by atoms with van der Waals surface area (Å²) >= 11 is 1.53. The first-order valence-electron chi connectivity index (χ1n) is 0.949. The fourth-order valence-electron chi connectivity index (χ4n) is 0. The molecule has 3 N–H and O–H groups in total. The van der Waals surface area contributed by atoms with Gasteiger partial charge in [0, 0.05) is 0 Å². The topological polar surface area (TPSA) is 77.8 Å². The van der Waals surface area contributed by atoms with Crippen LogP contribution in [0.4, 0.5) is 0 Å². The van der Waals surface area contributed by atoms with Crippen molar-refractivity contribution < 1.29 is 37.2 Å². The average molecular weight is 226 g/mol. The second-order valence-electron chi connectivity index (χ2n) is 0.513. The molecule has 0 aromatic carbocycles. The van der Waals surface area contributed by atoms with E-state index in [-0.39, 0.29) is 0 Å². The molecule has 0 rings (SSSR count). The molecule has 0 aromatic rings. The summed E-state index contributed by atoms with van der Waals surface area (Å²) in [4.78, 5) is 21.6. The Balaban J connectivity index is 0. The van der Waals surface area contributed by atoms with Gasteiger partial charge in [-0.3, -0.25) is 0 Å². The molecule has 0 bridgehead atoms. The van der Waals surface area contributed by atoms with Crippen molar-refractivity contribution in [3.05, 3.63) is 0 Å². The zero-order valence-corrected chi connectivity index (χ0v) is 6.73. The van der Waals surface area contributed by atoms with E-state index in [4.69, 9.17) is 19.2 Å². The van der Waals surface area contributed by atoms with Crippen molar-refractivity contribution in [1.29, 1.82) is 0 Å². The molecule has 0 saturated carbocycles. The molecule has 7 heavy (non-hydrogen) atoms. The molecule has 0 spiro atoms. The maximum absolute atomic E-state index is 8.88. The SMILES string of the molecule is O=P(O)(O)O.[S]=[Mo]. The van der Waals surface area contributed by atoms with Crippen molar-refractivity contribution in [2.24, 2.45) is 0 Å². The van der Waals surface area contributed by atoms with E-state index in [1.54, 1.807) is 0 Å². The van der Waals surface area contributed by atoms with Crippen molar-refractivity contribution in [3.8, 4) is 0 Å². The molecule has 0 atom stereocenters. The molecule has 0 aliphatic carbocycles. The van der Waals surface area contributed by atoms with Gasteiger partial charge in [0.05, 0.1) is 0 Å². The Kier molecular flexibility index (Phi) is 8.04. The predicted octanol–water partition coefficient (Wildman–Crippen LogP) is -0.283. The van der Waals surface area contributed by atoms with Crippen LogP contribution in [0.2, 0.25) is 0 Å². The van der Waals surface area contributed by atoms with Gasteiger partial charge >= 0.3 is 35.6 Å².